The van der Waals surface area contributed by atoms with Crippen LogP contribution in [0.15, 0.2) is 0 Å². The van der Waals surface area contributed by atoms with E-state index in [0.29, 0.717) is 13.0 Å². The lowest BCUT2D eigenvalue weighted by Gasteiger charge is -2.20. The van der Waals surface area contributed by atoms with Crippen LogP contribution in [0, 0.1) is 11.8 Å². The van der Waals surface area contributed by atoms with Gasteiger partial charge in [-0.1, -0.05) is 59.8 Å². The monoisotopic (exact) mass is 300 g/mol. The van der Waals surface area contributed by atoms with Crippen molar-refractivity contribution in [2.75, 3.05) is 6.54 Å². The first-order valence-corrected chi connectivity index (χ1v) is 8.15. The van der Waals surface area contributed by atoms with Crippen molar-refractivity contribution in [3.05, 3.63) is 0 Å². The third-order valence-corrected chi connectivity index (χ3v) is 3.76. The molecule has 2 unspecified atom stereocenters. The molecule has 21 heavy (non-hydrogen) atoms. The van der Waals surface area contributed by atoms with E-state index in [1.165, 1.54) is 19.3 Å². The van der Waals surface area contributed by atoms with Crippen molar-refractivity contribution in [2.45, 2.75) is 72.3 Å². The van der Waals surface area contributed by atoms with Crippen molar-refractivity contribution in [2.24, 2.45) is 11.8 Å². The fraction of sp³-hybridized carbons (Fsp3) is 0.875. The molecule has 5 heteroatoms. The number of unbranched alkanes of at least 4 members (excludes halogenated alkanes) is 3. The van der Waals surface area contributed by atoms with Gasteiger partial charge in [-0.15, -0.1) is 0 Å². The van der Waals surface area contributed by atoms with Crippen molar-refractivity contribution >= 4 is 12.0 Å². The maximum absolute atomic E-state index is 11.7. The van der Waals surface area contributed by atoms with Crippen molar-refractivity contribution in [3.8, 4) is 0 Å². The molecule has 0 aliphatic rings. The van der Waals surface area contributed by atoms with E-state index < -0.39 is 12.0 Å². The molecule has 0 aromatic rings. The van der Waals surface area contributed by atoms with Gasteiger partial charge in [0.2, 0.25) is 0 Å². The maximum Gasteiger partial charge on any atom is 0.326 e. The Balaban J connectivity index is 3.76. The highest BCUT2D eigenvalue weighted by atomic mass is 16.4. The lowest BCUT2D eigenvalue weighted by atomic mass is 9.99. The fourth-order valence-electron chi connectivity index (χ4n) is 2.11. The SMILES string of the molecule is CCC(C)C(NC(=O)NCCCCCCC(C)C)C(=O)O. The topological polar surface area (TPSA) is 78.4 Å². The third-order valence-electron chi connectivity index (χ3n) is 3.76. The van der Waals surface area contributed by atoms with Crippen molar-refractivity contribution in [1.29, 1.82) is 0 Å². The number of carbonyl (C=O) groups excluding carboxylic acids is 1. The molecule has 2 amide bonds. The largest absolute Gasteiger partial charge is 0.480 e. The summed E-state index contributed by atoms with van der Waals surface area (Å²) in [6, 6.07) is -1.20. The van der Waals surface area contributed by atoms with Crippen LogP contribution in [0.3, 0.4) is 0 Å². The maximum atomic E-state index is 11.7. The van der Waals surface area contributed by atoms with Gasteiger partial charge in [-0.3, -0.25) is 0 Å². The summed E-state index contributed by atoms with van der Waals surface area (Å²) in [6.07, 6.45) is 6.43. The number of urea groups is 1. The highest BCUT2D eigenvalue weighted by Crippen LogP contribution is 2.09. The van der Waals surface area contributed by atoms with Crippen LogP contribution in [0.5, 0.6) is 0 Å². The lowest BCUT2D eigenvalue weighted by Crippen LogP contribution is -2.49. The molecule has 0 saturated heterocycles. The highest BCUT2D eigenvalue weighted by molar-refractivity contribution is 5.82. The van der Waals surface area contributed by atoms with Gasteiger partial charge in [0.05, 0.1) is 0 Å². The van der Waals surface area contributed by atoms with Gasteiger partial charge in [-0.05, 0) is 18.3 Å². The van der Waals surface area contributed by atoms with Gasteiger partial charge in [-0.2, -0.15) is 0 Å². The van der Waals surface area contributed by atoms with Crippen LogP contribution in [-0.4, -0.2) is 29.7 Å². The Morgan fingerprint density at radius 1 is 1.05 bits per heavy atom. The van der Waals surface area contributed by atoms with Crippen LogP contribution in [0.25, 0.3) is 0 Å². The first kappa shape index (κ1) is 19.7. The summed E-state index contributed by atoms with van der Waals surface area (Å²) in [5, 5.41) is 14.4. The average molecular weight is 300 g/mol. The summed E-state index contributed by atoms with van der Waals surface area (Å²) in [7, 11) is 0. The Morgan fingerprint density at radius 2 is 1.67 bits per heavy atom. The zero-order valence-electron chi connectivity index (χ0n) is 13.9. The highest BCUT2D eigenvalue weighted by Gasteiger charge is 2.24. The average Bonchev–Trinajstić information content (AvgIpc) is 2.42. The van der Waals surface area contributed by atoms with Gasteiger partial charge < -0.3 is 15.7 Å². The molecule has 0 rings (SSSR count). The minimum Gasteiger partial charge on any atom is -0.480 e. The molecule has 0 aliphatic heterocycles. The second-order valence-electron chi connectivity index (χ2n) is 6.20. The fourth-order valence-corrected chi connectivity index (χ4v) is 2.11. The Morgan fingerprint density at radius 3 is 2.19 bits per heavy atom. The molecular weight excluding hydrogens is 268 g/mol. The normalized spacial score (nSPS) is 13.8. The minimum absolute atomic E-state index is 0.0794. The Bertz CT molecular complexity index is 306. The molecule has 2 atom stereocenters. The summed E-state index contributed by atoms with van der Waals surface area (Å²) in [5.41, 5.74) is 0. The molecular formula is C16H32N2O3. The molecule has 0 aliphatic carbocycles. The zero-order chi connectivity index (χ0) is 16.3. The van der Waals surface area contributed by atoms with E-state index in [9.17, 15) is 9.59 Å². The van der Waals surface area contributed by atoms with Gasteiger partial charge in [-0.25, -0.2) is 9.59 Å². The summed E-state index contributed by atoms with van der Waals surface area (Å²) >= 11 is 0. The first-order valence-electron chi connectivity index (χ1n) is 8.15. The number of carbonyl (C=O) groups is 2. The van der Waals surface area contributed by atoms with Crippen molar-refractivity contribution in [3.63, 3.8) is 0 Å². The first-order chi connectivity index (χ1) is 9.88. The molecule has 0 saturated carbocycles. The van der Waals surface area contributed by atoms with E-state index in [0.717, 1.165) is 18.8 Å². The van der Waals surface area contributed by atoms with E-state index in [-0.39, 0.29) is 11.9 Å². The van der Waals surface area contributed by atoms with Gasteiger partial charge in [0, 0.05) is 6.54 Å². The molecule has 0 heterocycles. The molecule has 0 radical (unpaired) electrons. The molecule has 5 nitrogen and oxygen atoms in total. The summed E-state index contributed by atoms with van der Waals surface area (Å²) in [5.74, 6) is -0.306. The summed E-state index contributed by atoms with van der Waals surface area (Å²) in [6.45, 7) is 8.79. The number of hydrogen-bond donors (Lipinski definition) is 3. The predicted molar refractivity (Wildman–Crippen MR) is 85.3 cm³/mol. The Labute approximate surface area is 128 Å². The second-order valence-corrected chi connectivity index (χ2v) is 6.20. The van der Waals surface area contributed by atoms with Gasteiger partial charge in [0.25, 0.3) is 0 Å². The molecule has 0 spiro atoms. The van der Waals surface area contributed by atoms with E-state index in [1.54, 1.807) is 0 Å². The molecule has 3 N–H and O–H groups in total. The van der Waals surface area contributed by atoms with Crippen LogP contribution >= 0.6 is 0 Å². The van der Waals surface area contributed by atoms with Crippen LogP contribution in [0.2, 0.25) is 0 Å². The van der Waals surface area contributed by atoms with Gasteiger partial charge in [0.1, 0.15) is 6.04 Å². The number of nitrogens with one attached hydrogen (secondary N) is 2. The quantitative estimate of drug-likeness (QED) is 0.512. The van der Waals surface area contributed by atoms with Crippen LogP contribution in [0.4, 0.5) is 4.79 Å². The number of rotatable bonds is 11. The Hall–Kier alpha value is -1.26. The van der Waals surface area contributed by atoms with Crippen molar-refractivity contribution < 1.29 is 14.7 Å². The molecule has 0 fully saturated rings. The lowest BCUT2D eigenvalue weighted by molar-refractivity contribution is -0.140. The van der Waals surface area contributed by atoms with Crippen LogP contribution < -0.4 is 10.6 Å². The second kappa shape index (κ2) is 11.4. The molecule has 0 bridgehead atoms. The third kappa shape index (κ3) is 10.2. The summed E-state index contributed by atoms with van der Waals surface area (Å²) in [4.78, 5) is 22.8. The van der Waals surface area contributed by atoms with E-state index >= 15 is 0 Å². The van der Waals surface area contributed by atoms with E-state index in [1.807, 2.05) is 13.8 Å². The molecule has 0 aromatic carbocycles. The standard InChI is InChI=1S/C16H32N2O3/c1-5-13(4)14(15(19)20)18-16(21)17-11-9-7-6-8-10-12(2)3/h12-14H,5-11H2,1-4H3,(H,19,20)(H2,17,18,21). The number of aliphatic carboxylic acids is 1. The molecule has 0 aromatic heterocycles. The van der Waals surface area contributed by atoms with E-state index in [2.05, 4.69) is 24.5 Å². The summed E-state index contributed by atoms with van der Waals surface area (Å²) < 4.78 is 0. The number of carboxylic acids is 1. The van der Waals surface area contributed by atoms with Crippen LogP contribution in [-0.2, 0) is 4.79 Å². The smallest absolute Gasteiger partial charge is 0.326 e. The predicted octanol–water partition coefficient (Wildman–Crippen LogP) is 3.39. The number of amides is 2. The van der Waals surface area contributed by atoms with Gasteiger partial charge >= 0.3 is 12.0 Å². The number of carboxylic acid groups (broad SMARTS) is 1. The zero-order valence-corrected chi connectivity index (χ0v) is 13.9. The van der Waals surface area contributed by atoms with E-state index in [4.69, 9.17) is 5.11 Å². The Kier molecular flexibility index (Phi) is 10.7. The van der Waals surface area contributed by atoms with Gasteiger partial charge in [0.15, 0.2) is 0 Å². The van der Waals surface area contributed by atoms with Crippen LogP contribution in [0.1, 0.15) is 66.2 Å². The number of hydrogen-bond acceptors (Lipinski definition) is 2. The van der Waals surface area contributed by atoms with Crippen molar-refractivity contribution in [1.82, 2.24) is 10.6 Å². The molecule has 124 valence electrons. The minimum atomic E-state index is -0.979.